The number of carbonyl (C=O) groups is 1. The van der Waals surface area contributed by atoms with Crippen LogP contribution in [-0.4, -0.2) is 26.2 Å². The lowest BCUT2D eigenvalue weighted by molar-refractivity contribution is -0.132. The third-order valence-electron chi connectivity index (χ3n) is 1.18. The van der Waals surface area contributed by atoms with E-state index in [-0.39, 0.29) is 5.57 Å². The predicted molar refractivity (Wildman–Crippen MR) is 52.1 cm³/mol. The molecule has 1 aromatic heterocycles. The molecular weight excluding hydrogens is 208 g/mol. The van der Waals surface area contributed by atoms with Gasteiger partial charge in [0.1, 0.15) is 5.82 Å². The third kappa shape index (κ3) is 3.16. The van der Waals surface area contributed by atoms with E-state index in [0.717, 1.165) is 4.34 Å². The lowest BCUT2D eigenvalue weighted by Crippen LogP contribution is -2.00. The second-order valence-electron chi connectivity index (χ2n) is 2.30. The van der Waals surface area contributed by atoms with E-state index in [1.807, 2.05) is 0 Å². The molecule has 1 heterocycles. The van der Waals surface area contributed by atoms with Crippen LogP contribution < -0.4 is 0 Å². The summed E-state index contributed by atoms with van der Waals surface area (Å²) in [6, 6.07) is 0. The van der Waals surface area contributed by atoms with Gasteiger partial charge in [0, 0.05) is 11.3 Å². The molecule has 0 spiro atoms. The summed E-state index contributed by atoms with van der Waals surface area (Å²) in [6.07, 6.45) is 0. The van der Waals surface area contributed by atoms with Gasteiger partial charge in [0.2, 0.25) is 0 Å². The molecule has 1 N–H and O–H groups in total. The topological polar surface area (TPSA) is 63.1 Å². The van der Waals surface area contributed by atoms with Gasteiger partial charge in [-0.05, 0) is 18.5 Å². The minimum atomic E-state index is -0.964. The fraction of sp³-hybridized carbons (Fsp3) is 0.286. The van der Waals surface area contributed by atoms with Crippen molar-refractivity contribution in [2.45, 2.75) is 11.3 Å². The zero-order valence-electron chi connectivity index (χ0n) is 6.98. The first-order chi connectivity index (χ1) is 6.09. The van der Waals surface area contributed by atoms with Crippen LogP contribution in [0, 0.1) is 6.92 Å². The molecule has 13 heavy (non-hydrogen) atoms. The highest BCUT2D eigenvalue weighted by molar-refractivity contribution is 8.01. The molecule has 0 aliphatic carbocycles. The molecule has 70 valence electrons. The fourth-order valence-electron chi connectivity index (χ4n) is 0.547. The summed E-state index contributed by atoms with van der Waals surface area (Å²) < 4.78 is 4.75. The molecule has 4 nitrogen and oxygen atoms in total. The van der Waals surface area contributed by atoms with Crippen LogP contribution in [-0.2, 0) is 4.79 Å². The van der Waals surface area contributed by atoms with E-state index >= 15 is 0 Å². The van der Waals surface area contributed by atoms with E-state index in [9.17, 15) is 4.79 Å². The standard InChI is InChI=1S/C7H8N2O2S2/c1-4(6(10)11)3-12-7-8-5(2)9-13-7/h1,3H2,2H3,(H,10,11). The molecule has 0 unspecified atom stereocenters. The van der Waals surface area contributed by atoms with Crippen LogP contribution in [0.4, 0.5) is 0 Å². The third-order valence-corrected chi connectivity index (χ3v) is 3.19. The smallest absolute Gasteiger partial charge is 0.331 e. The summed E-state index contributed by atoms with van der Waals surface area (Å²) in [5.41, 5.74) is 0.179. The van der Waals surface area contributed by atoms with Crippen molar-refractivity contribution in [1.29, 1.82) is 0 Å². The summed E-state index contributed by atoms with van der Waals surface area (Å²) in [7, 11) is 0. The molecule has 0 fully saturated rings. The van der Waals surface area contributed by atoms with Crippen molar-refractivity contribution in [3.8, 4) is 0 Å². The van der Waals surface area contributed by atoms with Crippen molar-refractivity contribution in [1.82, 2.24) is 9.36 Å². The van der Waals surface area contributed by atoms with Crippen LogP contribution in [0.5, 0.6) is 0 Å². The zero-order valence-corrected chi connectivity index (χ0v) is 8.61. The van der Waals surface area contributed by atoms with Gasteiger partial charge in [0.05, 0.1) is 0 Å². The van der Waals surface area contributed by atoms with Gasteiger partial charge in [-0.3, -0.25) is 0 Å². The SMILES string of the molecule is C=C(CSc1nc(C)ns1)C(=O)O. The summed E-state index contributed by atoms with van der Waals surface area (Å²) in [6.45, 7) is 5.21. The largest absolute Gasteiger partial charge is 0.478 e. The molecular formula is C7H8N2O2S2. The number of carboxylic acid groups (broad SMARTS) is 1. The maximum atomic E-state index is 10.4. The Kier molecular flexibility index (Phi) is 3.44. The molecule has 1 rings (SSSR count). The van der Waals surface area contributed by atoms with Gasteiger partial charge in [0.15, 0.2) is 4.34 Å². The summed E-state index contributed by atoms with van der Waals surface area (Å²) in [5, 5.41) is 8.52. The van der Waals surface area contributed by atoms with Gasteiger partial charge in [-0.2, -0.15) is 4.37 Å². The van der Waals surface area contributed by atoms with Gasteiger partial charge in [-0.25, -0.2) is 9.78 Å². The van der Waals surface area contributed by atoms with E-state index in [1.54, 1.807) is 6.92 Å². The monoisotopic (exact) mass is 216 g/mol. The fourth-order valence-corrected chi connectivity index (χ4v) is 2.09. The van der Waals surface area contributed by atoms with Crippen molar-refractivity contribution in [2.24, 2.45) is 0 Å². The van der Waals surface area contributed by atoms with Gasteiger partial charge in [0.25, 0.3) is 0 Å². The summed E-state index contributed by atoms with van der Waals surface area (Å²) >= 11 is 2.61. The van der Waals surface area contributed by atoms with Crippen molar-refractivity contribution in [3.05, 3.63) is 18.0 Å². The van der Waals surface area contributed by atoms with Crippen LogP contribution >= 0.6 is 23.3 Å². The van der Waals surface area contributed by atoms with Gasteiger partial charge >= 0.3 is 5.97 Å². The maximum Gasteiger partial charge on any atom is 0.331 e. The Hall–Kier alpha value is -0.880. The number of thioether (sulfide) groups is 1. The van der Waals surface area contributed by atoms with E-state index < -0.39 is 5.97 Å². The number of aliphatic carboxylic acids is 1. The Balaban J connectivity index is 2.44. The number of hydrogen-bond acceptors (Lipinski definition) is 5. The van der Waals surface area contributed by atoms with Gasteiger partial charge in [-0.15, -0.1) is 0 Å². The first-order valence-electron chi connectivity index (χ1n) is 3.44. The molecule has 0 saturated heterocycles. The number of aromatic nitrogens is 2. The maximum absolute atomic E-state index is 10.4. The highest BCUT2D eigenvalue weighted by Crippen LogP contribution is 2.21. The molecule has 1 aromatic rings. The van der Waals surface area contributed by atoms with Crippen LogP contribution in [0.3, 0.4) is 0 Å². The average Bonchev–Trinajstić information content (AvgIpc) is 2.47. The van der Waals surface area contributed by atoms with E-state index in [2.05, 4.69) is 15.9 Å². The molecule has 0 atom stereocenters. The van der Waals surface area contributed by atoms with Crippen LogP contribution in [0.25, 0.3) is 0 Å². The van der Waals surface area contributed by atoms with Crippen molar-refractivity contribution < 1.29 is 9.90 Å². The summed E-state index contributed by atoms with van der Waals surface area (Å²) in [5.74, 6) is 0.103. The lowest BCUT2D eigenvalue weighted by Gasteiger charge is -1.95. The second-order valence-corrected chi connectivity index (χ2v) is 4.28. The quantitative estimate of drug-likeness (QED) is 0.611. The van der Waals surface area contributed by atoms with Crippen molar-refractivity contribution in [3.63, 3.8) is 0 Å². The van der Waals surface area contributed by atoms with E-state index in [4.69, 9.17) is 5.11 Å². The lowest BCUT2D eigenvalue weighted by atomic mass is 10.4. The minimum Gasteiger partial charge on any atom is -0.478 e. The molecule has 0 aliphatic heterocycles. The van der Waals surface area contributed by atoms with E-state index in [1.165, 1.54) is 23.3 Å². The number of carboxylic acids is 1. The van der Waals surface area contributed by atoms with Gasteiger partial charge in [-0.1, -0.05) is 18.3 Å². The average molecular weight is 216 g/mol. The Morgan fingerprint density at radius 2 is 2.46 bits per heavy atom. The summed E-state index contributed by atoms with van der Waals surface area (Å²) in [4.78, 5) is 14.5. The predicted octanol–water partition coefficient (Wildman–Crippen LogP) is 1.58. The molecule has 0 saturated carbocycles. The van der Waals surface area contributed by atoms with Crippen molar-refractivity contribution >= 4 is 29.3 Å². The number of aryl methyl sites for hydroxylation is 1. The van der Waals surface area contributed by atoms with Crippen LogP contribution in [0.2, 0.25) is 0 Å². The van der Waals surface area contributed by atoms with E-state index in [0.29, 0.717) is 11.6 Å². The normalized spacial score (nSPS) is 9.92. The highest BCUT2D eigenvalue weighted by atomic mass is 32.2. The first kappa shape index (κ1) is 10.2. The molecule has 0 aliphatic rings. The Bertz CT molecular complexity index is 335. The number of rotatable bonds is 4. The Morgan fingerprint density at radius 3 is 2.92 bits per heavy atom. The first-order valence-corrected chi connectivity index (χ1v) is 5.19. The highest BCUT2D eigenvalue weighted by Gasteiger charge is 2.06. The molecule has 0 aromatic carbocycles. The number of nitrogens with zero attached hydrogens (tertiary/aromatic N) is 2. The minimum absolute atomic E-state index is 0.179. The van der Waals surface area contributed by atoms with Crippen LogP contribution in [0.1, 0.15) is 5.82 Å². The van der Waals surface area contributed by atoms with Gasteiger partial charge < -0.3 is 5.11 Å². The van der Waals surface area contributed by atoms with Crippen LogP contribution in [0.15, 0.2) is 16.5 Å². The molecule has 0 bridgehead atoms. The molecule has 6 heteroatoms. The Morgan fingerprint density at radius 1 is 1.77 bits per heavy atom. The molecule has 0 radical (unpaired) electrons. The second kappa shape index (κ2) is 4.38. The zero-order chi connectivity index (χ0) is 9.84. The Labute approximate surface area is 83.9 Å². The number of hydrogen-bond donors (Lipinski definition) is 1. The van der Waals surface area contributed by atoms with Crippen molar-refractivity contribution in [2.75, 3.05) is 5.75 Å². The molecule has 0 amide bonds.